The third kappa shape index (κ3) is 4.06. The zero-order valence-corrected chi connectivity index (χ0v) is 15.2. The fourth-order valence-electron chi connectivity index (χ4n) is 2.73. The van der Waals surface area contributed by atoms with Crippen molar-refractivity contribution in [3.8, 4) is 0 Å². The largest absolute Gasteiger partial charge is 0.354 e. The Balaban J connectivity index is 1.60. The topological polar surface area (TPSA) is 45.2 Å². The Kier molecular flexibility index (Phi) is 4.64. The summed E-state index contributed by atoms with van der Waals surface area (Å²) in [4.78, 5) is 18.6. The monoisotopic (exact) mass is 331 g/mol. The molecule has 0 amide bonds. The number of hydrogen-bond acceptors (Lipinski definition) is 6. The number of piperazine rings is 1. The molecule has 1 aliphatic heterocycles. The Morgan fingerprint density at radius 3 is 2.48 bits per heavy atom. The quantitative estimate of drug-likeness (QED) is 0.865. The van der Waals surface area contributed by atoms with E-state index >= 15 is 0 Å². The highest BCUT2D eigenvalue weighted by Gasteiger charge is 2.22. The predicted octanol–water partition coefficient (Wildman–Crippen LogP) is 2.86. The van der Waals surface area contributed by atoms with Crippen LogP contribution in [0.25, 0.3) is 0 Å². The Bertz CT molecular complexity index is 653. The van der Waals surface area contributed by atoms with Crippen LogP contribution in [-0.2, 0) is 12.0 Å². The first-order valence-electron chi connectivity index (χ1n) is 8.14. The van der Waals surface area contributed by atoms with Gasteiger partial charge in [-0.15, -0.1) is 11.3 Å². The second-order valence-corrected chi connectivity index (χ2v) is 8.17. The molecule has 124 valence electrons. The second kappa shape index (κ2) is 6.53. The lowest BCUT2D eigenvalue weighted by molar-refractivity contribution is 0.247. The van der Waals surface area contributed by atoms with Crippen LogP contribution in [-0.4, -0.2) is 46.0 Å². The minimum atomic E-state index is -0.0136. The lowest BCUT2D eigenvalue weighted by Crippen LogP contribution is -2.46. The molecule has 3 rings (SSSR count). The van der Waals surface area contributed by atoms with Gasteiger partial charge in [-0.1, -0.05) is 20.8 Å². The Morgan fingerprint density at radius 1 is 1.13 bits per heavy atom. The number of aryl methyl sites for hydroxylation is 1. The van der Waals surface area contributed by atoms with Crippen LogP contribution in [0.4, 0.5) is 5.82 Å². The number of aromatic nitrogens is 3. The van der Waals surface area contributed by atoms with Crippen LogP contribution >= 0.6 is 11.3 Å². The average Bonchev–Trinajstić information content (AvgIpc) is 2.92. The second-order valence-electron chi connectivity index (χ2n) is 7.11. The molecule has 0 saturated carbocycles. The maximum absolute atomic E-state index is 4.77. The number of thiazole rings is 1. The highest BCUT2D eigenvalue weighted by Crippen LogP contribution is 2.21. The maximum Gasteiger partial charge on any atom is 0.135 e. The summed E-state index contributed by atoms with van der Waals surface area (Å²) in [5.41, 5.74) is 1.18. The molecule has 5 nitrogen and oxygen atoms in total. The lowest BCUT2D eigenvalue weighted by Gasteiger charge is -2.35. The summed E-state index contributed by atoms with van der Waals surface area (Å²) in [7, 11) is 0. The molecule has 0 N–H and O–H groups in total. The summed E-state index contributed by atoms with van der Waals surface area (Å²) < 4.78 is 0. The first kappa shape index (κ1) is 16.3. The molecule has 1 saturated heterocycles. The van der Waals surface area contributed by atoms with Crippen LogP contribution in [0.3, 0.4) is 0 Å². The molecule has 6 heteroatoms. The molecule has 0 radical (unpaired) electrons. The Hall–Kier alpha value is -1.53. The van der Waals surface area contributed by atoms with Crippen molar-refractivity contribution in [2.75, 3.05) is 31.1 Å². The number of hydrogen-bond donors (Lipinski definition) is 0. The number of anilines is 1. The molecule has 0 aromatic carbocycles. The van der Waals surface area contributed by atoms with E-state index in [4.69, 9.17) is 4.98 Å². The summed E-state index contributed by atoms with van der Waals surface area (Å²) in [6.45, 7) is 13.6. The first-order valence-corrected chi connectivity index (χ1v) is 9.01. The smallest absolute Gasteiger partial charge is 0.135 e. The van der Waals surface area contributed by atoms with Crippen molar-refractivity contribution < 1.29 is 0 Å². The summed E-state index contributed by atoms with van der Waals surface area (Å²) in [5.74, 6) is 1.96. The molecular formula is C17H25N5S. The molecule has 2 aromatic rings. The van der Waals surface area contributed by atoms with Gasteiger partial charge in [0.2, 0.25) is 0 Å². The van der Waals surface area contributed by atoms with Gasteiger partial charge >= 0.3 is 0 Å². The Morgan fingerprint density at radius 2 is 1.87 bits per heavy atom. The van der Waals surface area contributed by atoms with Crippen LogP contribution in [0.5, 0.6) is 0 Å². The summed E-state index contributed by atoms with van der Waals surface area (Å²) >= 11 is 1.73. The minimum absolute atomic E-state index is 0.0136. The Labute approximate surface area is 142 Å². The molecule has 2 aromatic heterocycles. The molecular weight excluding hydrogens is 306 g/mol. The van der Waals surface area contributed by atoms with E-state index in [1.54, 1.807) is 11.3 Å². The van der Waals surface area contributed by atoms with Crippen molar-refractivity contribution >= 4 is 17.2 Å². The van der Waals surface area contributed by atoms with Gasteiger partial charge in [0.1, 0.15) is 11.6 Å². The predicted molar refractivity (Wildman–Crippen MR) is 95.1 cm³/mol. The normalized spacial score (nSPS) is 16.8. The summed E-state index contributed by atoms with van der Waals surface area (Å²) in [6.07, 6.45) is 1.88. The molecule has 0 unspecified atom stereocenters. The van der Waals surface area contributed by atoms with Gasteiger partial charge in [0.25, 0.3) is 0 Å². The van der Waals surface area contributed by atoms with Gasteiger partial charge in [0, 0.05) is 49.7 Å². The van der Waals surface area contributed by atoms with E-state index < -0.39 is 0 Å². The van der Waals surface area contributed by atoms with Crippen molar-refractivity contribution in [3.63, 3.8) is 0 Å². The van der Waals surface area contributed by atoms with Crippen molar-refractivity contribution in [2.24, 2.45) is 0 Å². The SMILES string of the molecule is Cc1nc(CN2CCN(c3ccnc(C(C)(C)C)n3)CC2)cs1. The zero-order chi connectivity index (χ0) is 16.4. The van der Waals surface area contributed by atoms with Crippen molar-refractivity contribution in [1.29, 1.82) is 0 Å². The fourth-order valence-corrected chi connectivity index (χ4v) is 3.34. The van der Waals surface area contributed by atoms with Crippen molar-refractivity contribution in [2.45, 2.75) is 39.7 Å². The van der Waals surface area contributed by atoms with E-state index in [-0.39, 0.29) is 5.41 Å². The van der Waals surface area contributed by atoms with E-state index in [9.17, 15) is 0 Å². The third-order valence-electron chi connectivity index (χ3n) is 4.06. The molecule has 3 heterocycles. The van der Waals surface area contributed by atoms with E-state index in [1.807, 2.05) is 12.3 Å². The van der Waals surface area contributed by atoms with Gasteiger partial charge in [-0.3, -0.25) is 4.90 Å². The van der Waals surface area contributed by atoms with Crippen molar-refractivity contribution in [1.82, 2.24) is 19.9 Å². The van der Waals surface area contributed by atoms with E-state index in [0.717, 1.165) is 49.4 Å². The molecule has 0 bridgehead atoms. The first-order chi connectivity index (χ1) is 10.9. The van der Waals surface area contributed by atoms with Crippen LogP contribution in [0, 0.1) is 6.92 Å². The van der Waals surface area contributed by atoms with Gasteiger partial charge in [-0.25, -0.2) is 15.0 Å². The average molecular weight is 331 g/mol. The van der Waals surface area contributed by atoms with Crippen LogP contribution < -0.4 is 4.90 Å². The van der Waals surface area contributed by atoms with Gasteiger partial charge in [0.15, 0.2) is 0 Å². The zero-order valence-electron chi connectivity index (χ0n) is 14.4. The molecule has 0 aliphatic carbocycles. The van der Waals surface area contributed by atoms with Gasteiger partial charge < -0.3 is 4.90 Å². The van der Waals surface area contributed by atoms with E-state index in [2.05, 4.69) is 52.8 Å². The molecule has 1 aliphatic rings. The molecule has 23 heavy (non-hydrogen) atoms. The van der Waals surface area contributed by atoms with Crippen molar-refractivity contribution in [3.05, 3.63) is 34.2 Å². The highest BCUT2D eigenvalue weighted by atomic mass is 32.1. The standard InChI is InChI=1S/C17H25N5S/c1-13-19-14(12-23-13)11-21-7-9-22(10-8-21)15-5-6-18-16(20-15)17(2,3)4/h5-6,12H,7-11H2,1-4H3. The maximum atomic E-state index is 4.77. The van der Waals surface area contributed by atoms with E-state index in [0.29, 0.717) is 0 Å². The fraction of sp³-hybridized carbons (Fsp3) is 0.588. The molecule has 0 spiro atoms. The van der Waals surface area contributed by atoms with Crippen LogP contribution in [0.15, 0.2) is 17.6 Å². The van der Waals surface area contributed by atoms with Crippen LogP contribution in [0.1, 0.15) is 37.3 Å². The van der Waals surface area contributed by atoms with Crippen LogP contribution in [0.2, 0.25) is 0 Å². The van der Waals surface area contributed by atoms with Gasteiger partial charge in [-0.2, -0.15) is 0 Å². The van der Waals surface area contributed by atoms with Gasteiger partial charge in [0.05, 0.1) is 10.7 Å². The third-order valence-corrected chi connectivity index (χ3v) is 4.88. The summed E-state index contributed by atoms with van der Waals surface area (Å²) in [5, 5.41) is 3.32. The highest BCUT2D eigenvalue weighted by molar-refractivity contribution is 7.09. The molecule has 0 atom stereocenters. The number of rotatable bonds is 3. The van der Waals surface area contributed by atoms with Gasteiger partial charge in [-0.05, 0) is 13.0 Å². The number of nitrogens with zero attached hydrogens (tertiary/aromatic N) is 5. The summed E-state index contributed by atoms with van der Waals surface area (Å²) in [6, 6.07) is 2.02. The van der Waals surface area contributed by atoms with E-state index in [1.165, 1.54) is 5.69 Å². The lowest BCUT2D eigenvalue weighted by atomic mass is 9.96. The molecule has 1 fully saturated rings. The minimum Gasteiger partial charge on any atom is -0.354 e.